The van der Waals surface area contributed by atoms with Crippen molar-refractivity contribution in [2.75, 3.05) is 0 Å². The Morgan fingerprint density at radius 3 is 2.48 bits per heavy atom. The number of imide groups is 1. The summed E-state index contributed by atoms with van der Waals surface area (Å²) in [5, 5.41) is 2.99. The normalized spacial score (nSPS) is 25.3. The van der Waals surface area contributed by atoms with E-state index in [-0.39, 0.29) is 18.1 Å². The lowest BCUT2D eigenvalue weighted by atomic mass is 9.96. The maximum Gasteiger partial charge on any atom is 0.419 e. The summed E-state index contributed by atoms with van der Waals surface area (Å²) in [7, 11) is 0. The molecule has 1 saturated carbocycles. The van der Waals surface area contributed by atoms with Gasteiger partial charge in [0.25, 0.3) is 0 Å². The van der Waals surface area contributed by atoms with E-state index in [1.54, 1.807) is 0 Å². The van der Waals surface area contributed by atoms with Gasteiger partial charge in [0.15, 0.2) is 0 Å². The van der Waals surface area contributed by atoms with Crippen LogP contribution < -0.4 is 5.32 Å². The molecule has 2 aliphatic rings. The predicted octanol–water partition coefficient (Wildman–Crippen LogP) is 3.92. The van der Waals surface area contributed by atoms with Crippen LogP contribution in [0.2, 0.25) is 0 Å². The molecule has 1 saturated heterocycles. The molecule has 0 spiro atoms. The summed E-state index contributed by atoms with van der Waals surface area (Å²) < 4.78 is 5.45. The molecule has 2 atom stereocenters. The van der Waals surface area contributed by atoms with E-state index in [2.05, 4.69) is 5.32 Å². The molecule has 0 bridgehead atoms. The van der Waals surface area contributed by atoms with E-state index in [0.717, 1.165) is 36.8 Å². The fourth-order valence-electron chi connectivity index (χ4n) is 3.43. The Bertz CT molecular complexity index is 578. The number of hydrogen-bond acceptors (Lipinski definition) is 3. The van der Waals surface area contributed by atoms with Gasteiger partial charge in [-0.1, -0.05) is 49.1 Å². The monoisotopic (exact) mass is 316 g/mol. The number of benzene rings is 1. The molecule has 1 aromatic rings. The third kappa shape index (κ3) is 3.33. The highest BCUT2D eigenvalue weighted by atomic mass is 16.6. The van der Waals surface area contributed by atoms with Gasteiger partial charge in [-0.15, -0.1) is 0 Å². The van der Waals surface area contributed by atoms with E-state index in [1.165, 1.54) is 11.3 Å². The fourth-order valence-corrected chi connectivity index (χ4v) is 3.43. The first-order chi connectivity index (χ1) is 11.1. The molecule has 124 valence electrons. The lowest BCUT2D eigenvalue weighted by Crippen LogP contribution is -2.48. The molecular weight excluding hydrogens is 292 g/mol. The van der Waals surface area contributed by atoms with Gasteiger partial charge in [-0.25, -0.2) is 14.5 Å². The molecule has 2 fully saturated rings. The zero-order valence-corrected chi connectivity index (χ0v) is 13.7. The molecular formula is C18H24N2O3. The van der Waals surface area contributed by atoms with E-state index < -0.39 is 12.2 Å². The summed E-state index contributed by atoms with van der Waals surface area (Å²) in [6.07, 6.45) is 4.52. The number of hydrogen-bond donors (Lipinski definition) is 1. The molecule has 0 unspecified atom stereocenters. The SMILES string of the molecule is Cc1ccc([C@H]2OC(=O)N(C(=O)NC3CCCCC3)[C@@H]2C)cc1. The van der Waals surface area contributed by atoms with Crippen molar-refractivity contribution < 1.29 is 14.3 Å². The van der Waals surface area contributed by atoms with Gasteiger partial charge in [0, 0.05) is 6.04 Å². The summed E-state index contributed by atoms with van der Waals surface area (Å²) in [4.78, 5) is 25.9. The van der Waals surface area contributed by atoms with Crippen molar-refractivity contribution in [1.82, 2.24) is 10.2 Å². The van der Waals surface area contributed by atoms with Crippen LogP contribution in [0.1, 0.15) is 56.3 Å². The molecule has 0 radical (unpaired) electrons. The number of carbonyl (C=O) groups is 2. The summed E-state index contributed by atoms with van der Waals surface area (Å²) in [5.41, 5.74) is 2.07. The zero-order valence-electron chi connectivity index (χ0n) is 13.7. The second kappa shape index (κ2) is 6.60. The van der Waals surface area contributed by atoms with E-state index >= 15 is 0 Å². The Balaban J connectivity index is 1.69. The number of nitrogens with one attached hydrogen (secondary N) is 1. The van der Waals surface area contributed by atoms with Gasteiger partial charge in [0.2, 0.25) is 0 Å². The summed E-state index contributed by atoms with van der Waals surface area (Å²) >= 11 is 0. The molecule has 0 aromatic heterocycles. The number of nitrogens with zero attached hydrogens (tertiary/aromatic N) is 1. The Morgan fingerprint density at radius 1 is 1.17 bits per heavy atom. The second-order valence-corrected chi connectivity index (χ2v) is 6.61. The van der Waals surface area contributed by atoms with Crippen LogP contribution in [0, 0.1) is 6.92 Å². The first-order valence-electron chi connectivity index (χ1n) is 8.43. The summed E-state index contributed by atoms with van der Waals surface area (Å²) in [6.45, 7) is 3.87. The Hall–Kier alpha value is -2.04. The third-order valence-electron chi connectivity index (χ3n) is 4.83. The molecule has 23 heavy (non-hydrogen) atoms. The van der Waals surface area contributed by atoms with Crippen LogP contribution in [0.4, 0.5) is 9.59 Å². The average molecular weight is 316 g/mol. The van der Waals surface area contributed by atoms with E-state index in [0.29, 0.717) is 0 Å². The van der Waals surface area contributed by atoms with Crippen molar-refractivity contribution in [2.24, 2.45) is 0 Å². The molecule has 3 rings (SSSR count). The largest absolute Gasteiger partial charge is 0.439 e. The van der Waals surface area contributed by atoms with Crippen molar-refractivity contribution in [2.45, 2.75) is 64.1 Å². The van der Waals surface area contributed by atoms with Crippen LogP contribution in [-0.2, 0) is 4.74 Å². The van der Waals surface area contributed by atoms with Crippen molar-refractivity contribution in [3.05, 3.63) is 35.4 Å². The van der Waals surface area contributed by atoms with E-state index in [1.807, 2.05) is 38.1 Å². The van der Waals surface area contributed by atoms with Crippen LogP contribution >= 0.6 is 0 Å². The minimum atomic E-state index is -0.559. The first-order valence-corrected chi connectivity index (χ1v) is 8.43. The Kier molecular flexibility index (Phi) is 4.55. The molecule has 1 aromatic carbocycles. The number of rotatable bonds is 2. The lowest BCUT2D eigenvalue weighted by molar-refractivity contribution is 0.131. The maximum absolute atomic E-state index is 12.5. The van der Waals surface area contributed by atoms with E-state index in [4.69, 9.17) is 4.74 Å². The van der Waals surface area contributed by atoms with Crippen LogP contribution in [-0.4, -0.2) is 29.1 Å². The van der Waals surface area contributed by atoms with Crippen molar-refractivity contribution in [3.63, 3.8) is 0 Å². The average Bonchev–Trinajstić information content (AvgIpc) is 2.84. The molecule has 1 N–H and O–H groups in total. The van der Waals surface area contributed by atoms with Crippen molar-refractivity contribution >= 4 is 12.1 Å². The number of urea groups is 1. The van der Waals surface area contributed by atoms with Crippen LogP contribution in [0.25, 0.3) is 0 Å². The first kappa shape index (κ1) is 15.8. The fraction of sp³-hybridized carbons (Fsp3) is 0.556. The smallest absolute Gasteiger partial charge is 0.419 e. The van der Waals surface area contributed by atoms with Gasteiger partial charge < -0.3 is 10.1 Å². The Morgan fingerprint density at radius 2 is 1.83 bits per heavy atom. The van der Waals surface area contributed by atoms with E-state index in [9.17, 15) is 9.59 Å². The van der Waals surface area contributed by atoms with Crippen molar-refractivity contribution in [1.29, 1.82) is 0 Å². The number of ether oxygens (including phenoxy) is 1. The van der Waals surface area contributed by atoms with Gasteiger partial charge in [-0.2, -0.15) is 0 Å². The summed E-state index contributed by atoms with van der Waals surface area (Å²) in [6, 6.07) is 7.41. The molecule has 1 aliphatic heterocycles. The highest BCUT2D eigenvalue weighted by molar-refractivity contribution is 5.93. The quantitative estimate of drug-likeness (QED) is 0.899. The van der Waals surface area contributed by atoms with Gasteiger partial charge in [-0.05, 0) is 32.3 Å². The highest BCUT2D eigenvalue weighted by Crippen LogP contribution is 2.32. The van der Waals surface area contributed by atoms with Gasteiger partial charge in [0.1, 0.15) is 6.10 Å². The number of aryl methyl sites for hydroxylation is 1. The number of cyclic esters (lactones) is 1. The van der Waals surface area contributed by atoms with Crippen molar-refractivity contribution in [3.8, 4) is 0 Å². The minimum absolute atomic E-state index is 0.176. The minimum Gasteiger partial charge on any atom is -0.439 e. The van der Waals surface area contributed by atoms with Crippen LogP contribution in [0.3, 0.4) is 0 Å². The predicted molar refractivity (Wildman–Crippen MR) is 87.1 cm³/mol. The highest BCUT2D eigenvalue weighted by Gasteiger charge is 2.43. The molecule has 5 nitrogen and oxygen atoms in total. The van der Waals surface area contributed by atoms with Gasteiger partial charge in [0.05, 0.1) is 6.04 Å². The summed E-state index contributed by atoms with van der Waals surface area (Å²) in [5.74, 6) is 0. The van der Waals surface area contributed by atoms with Crippen LogP contribution in [0.15, 0.2) is 24.3 Å². The van der Waals surface area contributed by atoms with Crippen LogP contribution in [0.5, 0.6) is 0 Å². The Labute approximate surface area is 137 Å². The third-order valence-corrected chi connectivity index (χ3v) is 4.83. The van der Waals surface area contributed by atoms with Gasteiger partial charge in [-0.3, -0.25) is 0 Å². The lowest BCUT2D eigenvalue weighted by Gasteiger charge is -2.26. The standard InChI is InChI=1S/C18H24N2O3/c1-12-8-10-14(11-9-12)16-13(2)20(18(22)23-16)17(21)19-15-6-4-3-5-7-15/h8-11,13,15-16H,3-7H2,1-2H3,(H,19,21)/t13-,16+/m1/s1. The topological polar surface area (TPSA) is 58.6 Å². The molecule has 1 aliphatic carbocycles. The zero-order chi connectivity index (χ0) is 16.4. The molecule has 3 amide bonds. The number of carbonyl (C=O) groups excluding carboxylic acids is 2. The molecule has 1 heterocycles. The second-order valence-electron chi connectivity index (χ2n) is 6.61. The number of amides is 3. The molecule has 5 heteroatoms. The van der Waals surface area contributed by atoms with Gasteiger partial charge >= 0.3 is 12.1 Å². The maximum atomic E-state index is 12.5.